The fraction of sp³-hybridized carbons (Fsp3) is 0.250. The number of aromatic amines is 1. The molecule has 1 saturated heterocycles. The first kappa shape index (κ1) is 18.5. The summed E-state index contributed by atoms with van der Waals surface area (Å²) in [6, 6.07) is 12.1. The van der Waals surface area contributed by atoms with Crippen LogP contribution in [0.2, 0.25) is 5.02 Å². The topological polar surface area (TPSA) is 87.3 Å². The number of benzene rings is 2. The lowest BCUT2D eigenvalue weighted by molar-refractivity contribution is -0.125. The molecule has 28 heavy (non-hydrogen) atoms. The molecule has 0 spiro atoms. The number of imidazole rings is 1. The maximum Gasteiger partial charge on any atom is 0.253 e. The molecule has 1 atom stereocenters. The molecule has 2 aromatic carbocycles. The minimum atomic E-state index is -0.306. The van der Waals surface area contributed by atoms with Crippen molar-refractivity contribution >= 4 is 40.1 Å². The monoisotopic (exact) mass is 398 g/mol. The van der Waals surface area contributed by atoms with Gasteiger partial charge in [-0.2, -0.15) is 0 Å². The van der Waals surface area contributed by atoms with Crippen molar-refractivity contribution in [1.82, 2.24) is 15.3 Å². The number of hydrogen-bond acceptors (Lipinski definition) is 4. The Morgan fingerprint density at radius 2 is 2.07 bits per heavy atom. The molecule has 7 nitrogen and oxygen atoms in total. The summed E-state index contributed by atoms with van der Waals surface area (Å²) in [5.41, 5.74) is 2.88. The second-order valence-corrected chi connectivity index (χ2v) is 7.06. The number of nitrogens with one attached hydrogen (secondary N) is 2. The van der Waals surface area contributed by atoms with Gasteiger partial charge in [0.25, 0.3) is 11.8 Å². The molecule has 4 rings (SSSR count). The number of fused-ring (bicyclic) bond motifs is 1. The summed E-state index contributed by atoms with van der Waals surface area (Å²) in [7, 11) is 0. The van der Waals surface area contributed by atoms with Gasteiger partial charge in [-0.15, -0.1) is 0 Å². The quantitative estimate of drug-likeness (QED) is 0.707. The number of nitrogens with zero attached hydrogens (tertiary/aromatic N) is 2. The first-order valence-electron chi connectivity index (χ1n) is 8.95. The van der Waals surface area contributed by atoms with Gasteiger partial charge < -0.3 is 19.9 Å². The van der Waals surface area contributed by atoms with Crippen molar-refractivity contribution in [2.24, 2.45) is 0 Å². The zero-order chi connectivity index (χ0) is 19.7. The molecule has 1 aromatic heterocycles. The Bertz CT molecular complexity index is 1030. The summed E-state index contributed by atoms with van der Waals surface area (Å²) in [4.78, 5) is 33.8. The zero-order valence-corrected chi connectivity index (χ0v) is 16.0. The largest absolute Gasteiger partial charge is 0.370 e. The molecule has 0 saturated carbocycles. The first-order valence-corrected chi connectivity index (χ1v) is 9.33. The normalized spacial score (nSPS) is 15.6. The van der Waals surface area contributed by atoms with Crippen molar-refractivity contribution in [3.05, 3.63) is 58.9 Å². The van der Waals surface area contributed by atoms with E-state index in [4.69, 9.17) is 16.3 Å². The van der Waals surface area contributed by atoms with Crippen LogP contribution in [0.4, 0.5) is 5.69 Å². The minimum Gasteiger partial charge on any atom is -0.370 e. The molecule has 8 heteroatoms. The molecule has 2 N–H and O–H groups in total. The highest BCUT2D eigenvalue weighted by Crippen LogP contribution is 2.21. The number of H-pyrrole nitrogens is 1. The second-order valence-electron chi connectivity index (χ2n) is 6.62. The lowest BCUT2D eigenvalue weighted by Gasteiger charge is -2.26. The van der Waals surface area contributed by atoms with Crippen molar-refractivity contribution in [1.29, 1.82) is 0 Å². The predicted octanol–water partition coefficient (Wildman–Crippen LogP) is 3.07. The summed E-state index contributed by atoms with van der Waals surface area (Å²) in [5, 5.41) is 3.54. The number of anilines is 1. The fourth-order valence-corrected chi connectivity index (χ4v) is 3.30. The Balaban J connectivity index is 1.45. The van der Waals surface area contributed by atoms with Gasteiger partial charge in [-0.1, -0.05) is 11.6 Å². The molecule has 0 bridgehead atoms. The lowest BCUT2D eigenvalue weighted by Crippen LogP contribution is -2.41. The Morgan fingerprint density at radius 1 is 1.29 bits per heavy atom. The van der Waals surface area contributed by atoms with Crippen LogP contribution in [0.1, 0.15) is 29.1 Å². The number of hydrogen-bond donors (Lipinski definition) is 2. The smallest absolute Gasteiger partial charge is 0.253 e. The van der Waals surface area contributed by atoms with Crippen molar-refractivity contribution in [2.45, 2.75) is 13.0 Å². The molecule has 2 heterocycles. The number of amides is 2. The number of carbonyl (C=O) groups is 2. The zero-order valence-electron chi connectivity index (χ0n) is 15.2. The van der Waals surface area contributed by atoms with Crippen molar-refractivity contribution < 1.29 is 14.3 Å². The molecule has 0 aliphatic carbocycles. The van der Waals surface area contributed by atoms with Gasteiger partial charge >= 0.3 is 0 Å². The van der Waals surface area contributed by atoms with E-state index in [1.807, 2.05) is 13.0 Å². The fourth-order valence-electron chi connectivity index (χ4n) is 3.14. The van der Waals surface area contributed by atoms with Crippen LogP contribution in [0.5, 0.6) is 0 Å². The molecule has 2 amide bonds. The molecule has 0 unspecified atom stereocenters. The Labute approximate surface area is 166 Å². The van der Waals surface area contributed by atoms with Crippen LogP contribution in [0.3, 0.4) is 0 Å². The van der Waals surface area contributed by atoms with Crippen molar-refractivity contribution in [2.75, 3.05) is 24.7 Å². The van der Waals surface area contributed by atoms with Gasteiger partial charge in [0, 0.05) is 22.8 Å². The van der Waals surface area contributed by atoms with Gasteiger partial charge in [0.15, 0.2) is 0 Å². The molecular formula is C20H19ClN4O3. The minimum absolute atomic E-state index is 0.0814. The summed E-state index contributed by atoms with van der Waals surface area (Å²) in [5.74, 6) is 0.356. The predicted molar refractivity (Wildman–Crippen MR) is 107 cm³/mol. The third-order valence-electron chi connectivity index (χ3n) is 4.65. The van der Waals surface area contributed by atoms with E-state index in [0.717, 1.165) is 16.7 Å². The standard InChI is InChI=1S/C20H19ClN4O3/c1-12(19-23-16-7-4-14(21)10-17(16)24-19)22-20(27)13-2-5-15(6-3-13)25-8-9-28-11-18(25)26/h2-7,10,12H,8-9,11H2,1H3,(H,22,27)(H,23,24)/t12-/m0/s1. The number of morpholine rings is 1. The third-order valence-corrected chi connectivity index (χ3v) is 4.88. The highest BCUT2D eigenvalue weighted by atomic mass is 35.5. The van der Waals surface area contributed by atoms with Crippen LogP contribution in [0, 0.1) is 0 Å². The first-order chi connectivity index (χ1) is 13.5. The number of carbonyl (C=O) groups excluding carboxylic acids is 2. The van der Waals surface area contributed by atoms with E-state index < -0.39 is 0 Å². The molecule has 1 fully saturated rings. The average Bonchev–Trinajstić information content (AvgIpc) is 3.12. The summed E-state index contributed by atoms with van der Waals surface area (Å²) in [6.07, 6.45) is 0. The highest BCUT2D eigenvalue weighted by Gasteiger charge is 2.21. The van der Waals surface area contributed by atoms with Gasteiger partial charge in [-0.3, -0.25) is 9.59 Å². The molecule has 1 aliphatic rings. The third kappa shape index (κ3) is 3.72. The van der Waals surface area contributed by atoms with E-state index in [1.165, 1.54) is 0 Å². The van der Waals surface area contributed by atoms with E-state index in [9.17, 15) is 9.59 Å². The number of ether oxygens (including phenoxy) is 1. The lowest BCUT2D eigenvalue weighted by atomic mass is 10.1. The second kappa shape index (κ2) is 7.61. The molecule has 144 valence electrons. The highest BCUT2D eigenvalue weighted by molar-refractivity contribution is 6.31. The molecule has 0 radical (unpaired) electrons. The maximum atomic E-state index is 12.6. The number of rotatable bonds is 4. The SMILES string of the molecule is C[C@H](NC(=O)c1ccc(N2CCOCC2=O)cc1)c1nc2cc(Cl)ccc2[nH]1. The molecular weight excluding hydrogens is 380 g/mol. The van der Waals surface area contributed by atoms with E-state index in [-0.39, 0.29) is 24.5 Å². The Morgan fingerprint density at radius 3 is 2.82 bits per heavy atom. The van der Waals surface area contributed by atoms with E-state index in [2.05, 4.69) is 15.3 Å². The summed E-state index contributed by atoms with van der Waals surface area (Å²) >= 11 is 5.99. The Hall–Kier alpha value is -2.90. The van der Waals surface area contributed by atoms with Gasteiger partial charge in [-0.25, -0.2) is 4.98 Å². The van der Waals surface area contributed by atoms with Crippen LogP contribution in [0.15, 0.2) is 42.5 Å². The van der Waals surface area contributed by atoms with E-state index >= 15 is 0 Å². The van der Waals surface area contributed by atoms with Crippen molar-refractivity contribution in [3.8, 4) is 0 Å². The van der Waals surface area contributed by atoms with Crippen molar-refractivity contribution in [3.63, 3.8) is 0 Å². The summed E-state index contributed by atoms with van der Waals surface area (Å²) in [6.45, 7) is 2.96. The molecule has 3 aromatic rings. The molecule has 1 aliphatic heterocycles. The van der Waals surface area contributed by atoms with Crippen LogP contribution in [-0.2, 0) is 9.53 Å². The Kier molecular flexibility index (Phi) is 5.02. The number of halogens is 1. The van der Waals surface area contributed by atoms with Gasteiger partial charge in [-0.05, 0) is 49.4 Å². The maximum absolute atomic E-state index is 12.6. The van der Waals surface area contributed by atoms with Crippen LogP contribution < -0.4 is 10.2 Å². The summed E-state index contributed by atoms with van der Waals surface area (Å²) < 4.78 is 5.14. The van der Waals surface area contributed by atoms with Gasteiger partial charge in [0.05, 0.1) is 23.7 Å². The van der Waals surface area contributed by atoms with Gasteiger partial charge in [0.2, 0.25) is 0 Å². The van der Waals surface area contributed by atoms with E-state index in [1.54, 1.807) is 41.3 Å². The van der Waals surface area contributed by atoms with Crippen LogP contribution in [0.25, 0.3) is 11.0 Å². The van der Waals surface area contributed by atoms with Crippen LogP contribution >= 0.6 is 11.6 Å². The number of aromatic nitrogens is 2. The van der Waals surface area contributed by atoms with Crippen LogP contribution in [-0.4, -0.2) is 41.5 Å². The van der Waals surface area contributed by atoms with E-state index in [0.29, 0.717) is 29.6 Å². The average molecular weight is 399 g/mol. The van der Waals surface area contributed by atoms with Gasteiger partial charge in [0.1, 0.15) is 12.4 Å².